The van der Waals surface area contributed by atoms with Gasteiger partial charge in [0.2, 0.25) is 0 Å². The van der Waals surface area contributed by atoms with Crippen molar-refractivity contribution in [2.45, 2.75) is 38.8 Å². The maximum Gasteiger partial charge on any atom is 0.158 e. The third-order valence-electron chi connectivity index (χ3n) is 3.22. The number of phenols is 1. The molecule has 0 bridgehead atoms. The van der Waals surface area contributed by atoms with Crippen LogP contribution in [0.1, 0.15) is 33.3 Å². The van der Waals surface area contributed by atoms with Crippen molar-refractivity contribution >= 4 is 28.1 Å². The quantitative estimate of drug-likeness (QED) is 0.605. The number of benzene rings is 1. The summed E-state index contributed by atoms with van der Waals surface area (Å²) in [6.45, 7) is 7.45. The maximum absolute atomic E-state index is 9.73. The highest BCUT2D eigenvalue weighted by molar-refractivity contribution is 9.26. The summed E-state index contributed by atoms with van der Waals surface area (Å²) in [6.07, 6.45) is 2.05. The molecule has 0 spiro atoms. The molecule has 0 atom stereocenters. The molecular weight excluding hydrogens is 292 g/mol. The Morgan fingerprint density at radius 3 is 2.12 bits per heavy atom. The van der Waals surface area contributed by atoms with Crippen LogP contribution < -0.4 is 0 Å². The second kappa shape index (κ2) is 5.87. The highest BCUT2D eigenvalue weighted by atomic mass is 79.9. The molecule has 94 valence electrons. The molecule has 3 heteroatoms. The summed E-state index contributed by atoms with van der Waals surface area (Å²) >= 11 is 3.97. The van der Waals surface area contributed by atoms with Crippen molar-refractivity contribution in [1.29, 1.82) is 0 Å². The smallest absolute Gasteiger partial charge is 0.158 e. The Morgan fingerprint density at radius 2 is 1.65 bits per heavy atom. The van der Waals surface area contributed by atoms with Gasteiger partial charge < -0.3 is 5.11 Å². The van der Waals surface area contributed by atoms with Gasteiger partial charge in [-0.05, 0) is 17.1 Å². The maximum atomic E-state index is 9.73. The van der Waals surface area contributed by atoms with Crippen LogP contribution in [0, 0.1) is 0 Å². The van der Waals surface area contributed by atoms with Crippen molar-refractivity contribution in [3.05, 3.63) is 35.5 Å². The Kier molecular flexibility index (Phi) is 5.01. The fourth-order valence-electron chi connectivity index (χ4n) is 1.90. The van der Waals surface area contributed by atoms with Gasteiger partial charge in [0, 0.05) is 5.56 Å². The van der Waals surface area contributed by atoms with Gasteiger partial charge in [0.25, 0.3) is 0 Å². The predicted molar refractivity (Wildman–Crippen MR) is 82.0 cm³/mol. The highest BCUT2D eigenvalue weighted by Crippen LogP contribution is 2.39. The lowest BCUT2D eigenvalue weighted by Crippen LogP contribution is -2.31. The summed E-state index contributed by atoms with van der Waals surface area (Å²) in [5, 5.41) is 9.73. The molecule has 0 aliphatic carbocycles. The average Bonchev–Trinajstić information content (AvgIpc) is 2.27. The van der Waals surface area contributed by atoms with Crippen LogP contribution in [0.2, 0.25) is 11.1 Å². The van der Waals surface area contributed by atoms with Crippen LogP contribution in [0.25, 0.3) is 6.08 Å². The van der Waals surface area contributed by atoms with E-state index in [2.05, 4.69) is 54.8 Å². The first-order valence-electron chi connectivity index (χ1n) is 6.04. The van der Waals surface area contributed by atoms with Gasteiger partial charge in [-0.2, -0.15) is 0 Å². The molecule has 0 saturated carbocycles. The summed E-state index contributed by atoms with van der Waals surface area (Å²) in [5.74, 6) is 0.347. The van der Waals surface area contributed by atoms with Crippen molar-refractivity contribution in [3.8, 4) is 5.75 Å². The zero-order valence-corrected chi connectivity index (χ0v) is 13.5. The first kappa shape index (κ1) is 14.5. The number of rotatable bonds is 4. The second-order valence-corrected chi connectivity index (χ2v) is 13.4. The predicted octanol–water partition coefficient (Wildman–Crippen LogP) is 5.11. The number of hydrogen-bond acceptors (Lipinski definition) is 1. The Labute approximate surface area is 113 Å². The van der Waals surface area contributed by atoms with Gasteiger partial charge in [-0.15, -0.1) is 15.3 Å². The molecule has 0 amide bonds. The van der Waals surface area contributed by atoms with Crippen molar-refractivity contribution < 1.29 is 5.11 Å². The van der Waals surface area contributed by atoms with Crippen LogP contribution in [0.5, 0.6) is 5.75 Å². The molecule has 1 aromatic rings. The minimum Gasteiger partial charge on any atom is -0.507 e. The molecule has 0 aromatic heterocycles. The summed E-state index contributed by atoms with van der Waals surface area (Å²) in [5.41, 5.74) is 4.44. The molecule has 0 heterocycles. The SMILES string of the molecule is CC(C)[Si](Br)(/C=C/c1ccccc1O)C(C)C. The standard InChI is InChI=1S/C14H21BrOSi/c1-11(2)17(15,12(3)4)10-9-13-7-5-6-8-14(13)16/h5-12,16H,1-4H3/b10-9+. The number of para-hydroxylation sites is 1. The monoisotopic (exact) mass is 312 g/mol. The summed E-state index contributed by atoms with van der Waals surface area (Å²) in [7, 11) is 0. The molecule has 0 unspecified atom stereocenters. The minimum absolute atomic E-state index is 0.347. The van der Waals surface area contributed by atoms with Gasteiger partial charge in [-0.25, -0.2) is 0 Å². The molecule has 17 heavy (non-hydrogen) atoms. The van der Waals surface area contributed by atoms with E-state index in [1.54, 1.807) is 6.07 Å². The zero-order valence-electron chi connectivity index (χ0n) is 10.9. The van der Waals surface area contributed by atoms with Crippen LogP contribution in [0.3, 0.4) is 0 Å². The van der Waals surface area contributed by atoms with Crippen LogP contribution in [0.15, 0.2) is 30.0 Å². The molecule has 1 nitrogen and oxygen atoms in total. The fourth-order valence-corrected chi connectivity index (χ4v) is 4.83. The van der Waals surface area contributed by atoms with Crippen molar-refractivity contribution in [3.63, 3.8) is 0 Å². The lowest BCUT2D eigenvalue weighted by Gasteiger charge is -2.30. The summed E-state index contributed by atoms with van der Waals surface area (Å²) in [6, 6.07) is 7.45. The second-order valence-electron chi connectivity index (χ2n) is 5.03. The van der Waals surface area contributed by atoms with E-state index in [1.165, 1.54) is 0 Å². The van der Waals surface area contributed by atoms with Gasteiger partial charge in [0.15, 0.2) is 6.69 Å². The van der Waals surface area contributed by atoms with E-state index in [9.17, 15) is 5.11 Å². The highest BCUT2D eigenvalue weighted by Gasteiger charge is 2.34. The topological polar surface area (TPSA) is 20.2 Å². The molecule has 1 aromatic carbocycles. The summed E-state index contributed by atoms with van der Waals surface area (Å²) < 4.78 is 0. The molecule has 1 N–H and O–H groups in total. The zero-order chi connectivity index (χ0) is 13.1. The molecule has 0 aliphatic heterocycles. The fraction of sp³-hybridized carbons (Fsp3) is 0.429. The van der Waals surface area contributed by atoms with Gasteiger partial charge in [0.05, 0.1) is 0 Å². The lowest BCUT2D eigenvalue weighted by atomic mass is 10.2. The van der Waals surface area contributed by atoms with Gasteiger partial charge >= 0.3 is 0 Å². The van der Waals surface area contributed by atoms with Gasteiger partial charge in [-0.3, -0.25) is 0 Å². The van der Waals surface area contributed by atoms with Crippen LogP contribution in [-0.4, -0.2) is 11.8 Å². The first-order valence-corrected chi connectivity index (χ1v) is 10.5. The number of phenolic OH excluding ortho intramolecular Hbond substituents is 1. The number of halogens is 1. The largest absolute Gasteiger partial charge is 0.507 e. The third-order valence-corrected chi connectivity index (χ3v) is 13.7. The van der Waals surface area contributed by atoms with Gasteiger partial charge in [0.1, 0.15) is 5.75 Å². The minimum atomic E-state index is -1.59. The third kappa shape index (κ3) is 3.46. The lowest BCUT2D eigenvalue weighted by molar-refractivity contribution is 0.474. The Balaban J connectivity index is 3.00. The normalized spacial score (nSPS) is 12.9. The van der Waals surface area contributed by atoms with E-state index in [0.29, 0.717) is 16.8 Å². The number of aromatic hydroxyl groups is 1. The Morgan fingerprint density at radius 1 is 1.12 bits per heavy atom. The molecule has 0 saturated heterocycles. The Hall–Kier alpha value is -0.543. The van der Waals surface area contributed by atoms with E-state index in [-0.39, 0.29) is 0 Å². The Bertz CT molecular complexity index is 391. The molecule has 0 radical (unpaired) electrons. The molecule has 0 fully saturated rings. The molecular formula is C14H21BrOSi. The van der Waals surface area contributed by atoms with E-state index in [0.717, 1.165) is 5.56 Å². The molecule has 1 rings (SSSR count). The van der Waals surface area contributed by atoms with E-state index in [4.69, 9.17) is 0 Å². The number of hydrogen-bond donors (Lipinski definition) is 1. The van der Waals surface area contributed by atoms with E-state index >= 15 is 0 Å². The van der Waals surface area contributed by atoms with Gasteiger partial charge in [-0.1, -0.05) is 57.7 Å². The first-order chi connectivity index (χ1) is 7.88. The van der Waals surface area contributed by atoms with Crippen LogP contribution >= 0.6 is 15.3 Å². The molecule has 0 aliphatic rings. The average molecular weight is 313 g/mol. The van der Waals surface area contributed by atoms with Crippen molar-refractivity contribution in [2.24, 2.45) is 0 Å². The summed E-state index contributed by atoms with van der Waals surface area (Å²) in [4.78, 5) is 0. The van der Waals surface area contributed by atoms with Crippen LogP contribution in [0.4, 0.5) is 0 Å². The van der Waals surface area contributed by atoms with Crippen molar-refractivity contribution in [1.82, 2.24) is 0 Å². The van der Waals surface area contributed by atoms with Crippen LogP contribution in [-0.2, 0) is 0 Å². The van der Waals surface area contributed by atoms with E-state index in [1.807, 2.05) is 18.2 Å². The van der Waals surface area contributed by atoms with Crippen molar-refractivity contribution in [2.75, 3.05) is 0 Å². The van der Waals surface area contributed by atoms with E-state index < -0.39 is 6.69 Å².